The maximum absolute atomic E-state index is 13.8. The van der Waals surface area contributed by atoms with Crippen molar-refractivity contribution in [1.82, 2.24) is 5.32 Å². The number of nitrogens with one attached hydrogen (secondary N) is 3. The summed E-state index contributed by atoms with van der Waals surface area (Å²) in [5.41, 5.74) is 1.04. The fourth-order valence-corrected chi connectivity index (χ4v) is 5.50. The normalized spacial score (nSPS) is 16.8. The number of carbonyl (C=O) groups is 4. The van der Waals surface area contributed by atoms with Crippen molar-refractivity contribution in [2.24, 2.45) is 0 Å². The quantitative estimate of drug-likeness (QED) is 0.369. The number of amides is 3. The molecule has 1 aliphatic carbocycles. The lowest BCUT2D eigenvalue weighted by molar-refractivity contribution is -0.123. The van der Waals surface area contributed by atoms with Gasteiger partial charge in [0.2, 0.25) is 5.91 Å². The number of piperidine rings is 1. The maximum atomic E-state index is 13.8. The van der Waals surface area contributed by atoms with Gasteiger partial charge in [-0.2, -0.15) is 0 Å². The van der Waals surface area contributed by atoms with E-state index < -0.39 is 17.5 Å². The third-order valence-electron chi connectivity index (χ3n) is 7.50. The number of Topliss-reactive ketones (excluding diaryl/α,β-unsaturated/α-hetero) is 1. The number of rotatable bonds is 7. The Labute approximate surface area is 232 Å². The third-order valence-corrected chi connectivity index (χ3v) is 7.50. The molecule has 0 spiro atoms. The molecule has 0 bridgehead atoms. The van der Waals surface area contributed by atoms with E-state index in [0.29, 0.717) is 48.5 Å². The Hall–Kier alpha value is -4.34. The molecule has 0 atom stereocenters. The van der Waals surface area contributed by atoms with Crippen LogP contribution in [0, 0.1) is 0 Å². The first kappa shape index (κ1) is 27.2. The first-order valence-corrected chi connectivity index (χ1v) is 13.8. The van der Waals surface area contributed by atoms with Crippen LogP contribution in [-0.4, -0.2) is 48.9 Å². The average Bonchev–Trinajstić information content (AvgIpc) is 3.39. The largest absolute Gasteiger partial charge is 0.451 e. The molecule has 1 aliphatic heterocycles. The van der Waals surface area contributed by atoms with E-state index >= 15 is 0 Å². The first-order valence-electron chi connectivity index (χ1n) is 13.8. The highest BCUT2D eigenvalue weighted by atomic mass is 16.5. The molecule has 2 heterocycles. The molecule has 10 nitrogen and oxygen atoms in total. The fraction of sp³-hybridized carbons (Fsp3) is 0.400. The summed E-state index contributed by atoms with van der Waals surface area (Å²) in [5.74, 6) is -0.492. The van der Waals surface area contributed by atoms with Gasteiger partial charge in [0.05, 0.1) is 24.5 Å². The number of fused-ring (bicyclic) bond motifs is 1. The molecule has 3 amide bonds. The zero-order valence-corrected chi connectivity index (χ0v) is 22.6. The summed E-state index contributed by atoms with van der Waals surface area (Å²) in [6.07, 6.45) is 4.19. The highest BCUT2D eigenvalue weighted by Gasteiger charge is 2.41. The smallest absolute Gasteiger partial charge is 0.411 e. The second kappa shape index (κ2) is 11.8. The van der Waals surface area contributed by atoms with E-state index in [2.05, 4.69) is 16.0 Å². The van der Waals surface area contributed by atoms with Gasteiger partial charge >= 0.3 is 6.09 Å². The van der Waals surface area contributed by atoms with Gasteiger partial charge in [-0.05, 0) is 56.5 Å². The molecule has 2 fully saturated rings. The Bertz CT molecular complexity index is 1390. The zero-order valence-electron chi connectivity index (χ0n) is 22.6. The van der Waals surface area contributed by atoms with E-state index in [1.54, 1.807) is 37.3 Å². The zero-order chi connectivity index (χ0) is 28.1. The van der Waals surface area contributed by atoms with Crippen LogP contribution in [0.25, 0.3) is 11.0 Å². The molecule has 2 aliphatic rings. The molecule has 40 heavy (non-hydrogen) atoms. The number of hydrogen-bond acceptors (Lipinski definition) is 7. The molecule has 1 saturated heterocycles. The van der Waals surface area contributed by atoms with Gasteiger partial charge in [-0.25, -0.2) is 4.79 Å². The minimum atomic E-state index is -1.11. The summed E-state index contributed by atoms with van der Waals surface area (Å²) >= 11 is 0. The molecule has 1 aromatic heterocycles. The Balaban J connectivity index is 1.38. The highest BCUT2D eigenvalue weighted by molar-refractivity contribution is 6.05. The summed E-state index contributed by atoms with van der Waals surface area (Å²) in [4.78, 5) is 53.3. The van der Waals surface area contributed by atoms with Crippen molar-refractivity contribution in [2.45, 2.75) is 57.4 Å². The van der Waals surface area contributed by atoms with Gasteiger partial charge < -0.3 is 24.7 Å². The maximum Gasteiger partial charge on any atom is 0.411 e. The molecule has 3 aromatic rings. The number of ketones is 1. The first-order chi connectivity index (χ1) is 19.4. The van der Waals surface area contributed by atoms with E-state index in [1.807, 2.05) is 23.1 Å². The SMILES string of the molecule is CCOC(=O)Nc1cc(NC(=O)C2(NC(=O)c3cc4ccccc4o3)CCCCC2)ccc1N1CCCC(=O)C1. The third kappa shape index (κ3) is 5.95. The van der Waals surface area contributed by atoms with Crippen molar-refractivity contribution in [3.63, 3.8) is 0 Å². The number of hydrogen-bond donors (Lipinski definition) is 3. The molecule has 210 valence electrons. The van der Waals surface area contributed by atoms with E-state index in [-0.39, 0.29) is 30.6 Å². The molecule has 0 radical (unpaired) electrons. The van der Waals surface area contributed by atoms with Crippen LogP contribution in [0.5, 0.6) is 0 Å². The summed E-state index contributed by atoms with van der Waals surface area (Å²) in [7, 11) is 0. The van der Waals surface area contributed by atoms with Gasteiger partial charge in [0.15, 0.2) is 11.5 Å². The van der Waals surface area contributed by atoms with Gasteiger partial charge in [-0.1, -0.05) is 37.5 Å². The average molecular weight is 547 g/mol. The lowest BCUT2D eigenvalue weighted by Crippen LogP contribution is -2.57. The Kier molecular flexibility index (Phi) is 8.04. The van der Waals surface area contributed by atoms with Crippen LogP contribution in [0.15, 0.2) is 52.9 Å². The number of anilines is 3. The second-order valence-electron chi connectivity index (χ2n) is 10.3. The topological polar surface area (TPSA) is 130 Å². The molecule has 2 aromatic carbocycles. The van der Waals surface area contributed by atoms with Crippen LogP contribution in [0.1, 0.15) is 62.4 Å². The highest BCUT2D eigenvalue weighted by Crippen LogP contribution is 2.34. The van der Waals surface area contributed by atoms with Crippen molar-refractivity contribution < 1.29 is 28.3 Å². The van der Waals surface area contributed by atoms with Crippen LogP contribution in [0.2, 0.25) is 0 Å². The molecule has 10 heteroatoms. The fourth-order valence-electron chi connectivity index (χ4n) is 5.50. The summed E-state index contributed by atoms with van der Waals surface area (Å²) in [5, 5.41) is 9.50. The Morgan fingerprint density at radius 1 is 1.00 bits per heavy atom. The predicted octanol–water partition coefficient (Wildman–Crippen LogP) is 5.24. The van der Waals surface area contributed by atoms with Crippen LogP contribution < -0.4 is 20.9 Å². The van der Waals surface area contributed by atoms with Crippen molar-refractivity contribution in [2.75, 3.05) is 35.2 Å². The Morgan fingerprint density at radius 3 is 2.55 bits per heavy atom. The van der Waals surface area contributed by atoms with Gasteiger partial charge in [0.25, 0.3) is 5.91 Å². The van der Waals surface area contributed by atoms with Crippen molar-refractivity contribution >= 4 is 51.7 Å². The molecule has 0 unspecified atom stereocenters. The van der Waals surface area contributed by atoms with Crippen LogP contribution >= 0.6 is 0 Å². The number of ether oxygens (including phenoxy) is 1. The molecular weight excluding hydrogens is 512 g/mol. The van der Waals surface area contributed by atoms with Gasteiger partial charge in [0, 0.05) is 24.0 Å². The minimum Gasteiger partial charge on any atom is -0.451 e. The van der Waals surface area contributed by atoms with E-state index in [4.69, 9.17) is 9.15 Å². The number of carbonyl (C=O) groups excluding carboxylic acids is 4. The molecule has 5 rings (SSSR count). The number of furan rings is 1. The van der Waals surface area contributed by atoms with Gasteiger partial charge in [0.1, 0.15) is 11.1 Å². The number of benzene rings is 2. The Morgan fingerprint density at radius 2 is 1.80 bits per heavy atom. The van der Waals surface area contributed by atoms with Crippen molar-refractivity contribution in [3.05, 3.63) is 54.3 Å². The lowest BCUT2D eigenvalue weighted by atomic mass is 9.80. The monoisotopic (exact) mass is 546 g/mol. The van der Waals surface area contributed by atoms with E-state index in [1.165, 1.54) is 0 Å². The molecular formula is C30H34N4O6. The summed E-state index contributed by atoms with van der Waals surface area (Å²) in [6.45, 7) is 2.84. The minimum absolute atomic E-state index is 0.130. The van der Waals surface area contributed by atoms with Crippen LogP contribution in [0.4, 0.5) is 21.9 Å². The molecule has 1 saturated carbocycles. The predicted molar refractivity (Wildman–Crippen MR) is 152 cm³/mol. The van der Waals surface area contributed by atoms with Crippen molar-refractivity contribution in [3.8, 4) is 0 Å². The van der Waals surface area contributed by atoms with Crippen LogP contribution in [0.3, 0.4) is 0 Å². The summed E-state index contributed by atoms with van der Waals surface area (Å²) in [6, 6.07) is 14.2. The lowest BCUT2D eigenvalue weighted by Gasteiger charge is -2.36. The summed E-state index contributed by atoms with van der Waals surface area (Å²) < 4.78 is 10.8. The molecule has 3 N–H and O–H groups in total. The number of nitrogens with zero attached hydrogens (tertiary/aromatic N) is 1. The standard InChI is InChI=1S/C30H34N4O6/c1-2-39-29(38)32-23-18-21(12-13-24(23)34-16-8-10-22(35)19-34)31-28(37)30(14-6-3-7-15-30)33-27(36)26-17-20-9-4-5-11-25(20)40-26/h4-5,9,11-13,17-18H,2-3,6-8,10,14-16,19H2,1H3,(H,31,37)(H,32,38)(H,33,36). The van der Waals surface area contributed by atoms with Crippen LogP contribution in [-0.2, 0) is 14.3 Å². The van der Waals surface area contributed by atoms with E-state index in [0.717, 1.165) is 31.1 Å². The van der Waals surface area contributed by atoms with Gasteiger partial charge in [-0.15, -0.1) is 0 Å². The second-order valence-corrected chi connectivity index (χ2v) is 10.3. The van der Waals surface area contributed by atoms with Gasteiger partial charge in [-0.3, -0.25) is 19.7 Å². The van der Waals surface area contributed by atoms with E-state index in [9.17, 15) is 19.2 Å². The number of para-hydroxylation sites is 1. The van der Waals surface area contributed by atoms with Crippen molar-refractivity contribution in [1.29, 1.82) is 0 Å².